The Kier molecular flexibility index (Phi) is 6.30. The zero-order valence-electron chi connectivity index (χ0n) is 11.5. The Labute approximate surface area is 121 Å². The molecule has 1 heterocycles. The van der Waals surface area contributed by atoms with Crippen LogP contribution in [-0.4, -0.2) is 42.0 Å². The first-order valence-corrected chi connectivity index (χ1v) is 8.02. The summed E-state index contributed by atoms with van der Waals surface area (Å²) < 4.78 is 4.70. The topological polar surface area (TPSA) is 68.3 Å². The van der Waals surface area contributed by atoms with E-state index in [2.05, 4.69) is 10.3 Å². The first-order chi connectivity index (χ1) is 8.99. The predicted octanol–water partition coefficient (Wildman–Crippen LogP) is 1.78. The summed E-state index contributed by atoms with van der Waals surface area (Å²) in [6.45, 7) is 3.69. The molecule has 5 nitrogen and oxygen atoms in total. The molecule has 1 unspecified atom stereocenters. The van der Waals surface area contributed by atoms with Crippen molar-refractivity contribution in [2.24, 2.45) is 0 Å². The van der Waals surface area contributed by atoms with Crippen molar-refractivity contribution >= 4 is 35.0 Å². The van der Waals surface area contributed by atoms with Gasteiger partial charge in [0.15, 0.2) is 0 Å². The van der Waals surface area contributed by atoms with Crippen molar-refractivity contribution in [2.75, 3.05) is 19.1 Å². The summed E-state index contributed by atoms with van der Waals surface area (Å²) in [7, 11) is 1.32. The summed E-state index contributed by atoms with van der Waals surface area (Å²) in [5.41, 5.74) is 0.389. The smallest absolute Gasteiger partial charge is 0.328 e. The van der Waals surface area contributed by atoms with E-state index in [-0.39, 0.29) is 5.91 Å². The molecule has 0 saturated heterocycles. The summed E-state index contributed by atoms with van der Waals surface area (Å²) in [4.78, 5) is 28.7. The van der Waals surface area contributed by atoms with Crippen molar-refractivity contribution in [1.29, 1.82) is 0 Å². The molecular formula is C12H18N2O3S2. The van der Waals surface area contributed by atoms with Crippen molar-refractivity contribution in [3.8, 4) is 0 Å². The molecule has 7 heteroatoms. The maximum atomic E-state index is 12.1. The highest BCUT2D eigenvalue weighted by Gasteiger charge is 2.23. The molecule has 1 amide bonds. The largest absolute Gasteiger partial charge is 0.467 e. The predicted molar refractivity (Wildman–Crippen MR) is 77.9 cm³/mol. The number of aromatic nitrogens is 1. The van der Waals surface area contributed by atoms with Crippen molar-refractivity contribution in [2.45, 2.75) is 26.3 Å². The van der Waals surface area contributed by atoms with Crippen LogP contribution < -0.4 is 5.32 Å². The molecule has 0 aliphatic rings. The number of hydrogen-bond acceptors (Lipinski definition) is 6. The van der Waals surface area contributed by atoms with E-state index in [9.17, 15) is 9.59 Å². The van der Waals surface area contributed by atoms with E-state index in [0.29, 0.717) is 12.1 Å². The molecule has 0 aliphatic carbocycles. The van der Waals surface area contributed by atoms with Gasteiger partial charge < -0.3 is 10.1 Å². The van der Waals surface area contributed by atoms with Gasteiger partial charge in [-0.05, 0) is 32.3 Å². The second-order valence-electron chi connectivity index (χ2n) is 3.97. The second-order valence-corrected chi connectivity index (χ2v) is 6.36. The minimum Gasteiger partial charge on any atom is -0.467 e. The van der Waals surface area contributed by atoms with Gasteiger partial charge in [0.1, 0.15) is 11.7 Å². The van der Waals surface area contributed by atoms with Crippen molar-refractivity contribution in [3.05, 3.63) is 15.6 Å². The molecule has 0 saturated carbocycles. The number of methoxy groups -OCH3 is 1. The molecule has 106 valence electrons. The lowest BCUT2D eigenvalue weighted by molar-refractivity contribution is -0.142. The lowest BCUT2D eigenvalue weighted by Crippen LogP contribution is -2.42. The van der Waals surface area contributed by atoms with Crippen LogP contribution in [-0.2, 0) is 9.53 Å². The highest BCUT2D eigenvalue weighted by molar-refractivity contribution is 7.98. The summed E-state index contributed by atoms with van der Waals surface area (Å²) in [6, 6.07) is -0.619. The number of hydrogen-bond donors (Lipinski definition) is 1. The van der Waals surface area contributed by atoms with Gasteiger partial charge >= 0.3 is 5.97 Å². The third-order valence-corrected chi connectivity index (χ3v) is 4.05. The molecule has 0 aliphatic heterocycles. The van der Waals surface area contributed by atoms with Gasteiger partial charge in [-0.1, -0.05) is 0 Å². The molecule has 0 radical (unpaired) electrons. The van der Waals surface area contributed by atoms with Crippen LogP contribution in [0.3, 0.4) is 0 Å². The van der Waals surface area contributed by atoms with E-state index in [0.717, 1.165) is 15.6 Å². The number of aryl methyl sites for hydroxylation is 2. The van der Waals surface area contributed by atoms with E-state index < -0.39 is 12.0 Å². The van der Waals surface area contributed by atoms with Crippen molar-refractivity contribution in [3.63, 3.8) is 0 Å². The van der Waals surface area contributed by atoms with Crippen LogP contribution in [0, 0.1) is 13.8 Å². The molecule has 1 aromatic heterocycles. The van der Waals surface area contributed by atoms with Gasteiger partial charge in [-0.2, -0.15) is 11.8 Å². The minimum atomic E-state index is -0.619. The number of thioether (sulfide) groups is 1. The Morgan fingerprint density at radius 2 is 2.16 bits per heavy atom. The van der Waals surface area contributed by atoms with Crippen LogP contribution in [0.25, 0.3) is 0 Å². The van der Waals surface area contributed by atoms with Crippen LogP contribution >= 0.6 is 23.1 Å². The molecule has 0 aromatic carbocycles. The Balaban J connectivity index is 2.75. The number of ether oxygens (including phenoxy) is 1. The molecule has 19 heavy (non-hydrogen) atoms. The minimum absolute atomic E-state index is 0.321. The average Bonchev–Trinajstić information content (AvgIpc) is 2.72. The fourth-order valence-electron chi connectivity index (χ4n) is 1.59. The normalized spacial score (nSPS) is 12.0. The van der Waals surface area contributed by atoms with Gasteiger partial charge in [-0.3, -0.25) is 4.79 Å². The summed E-state index contributed by atoms with van der Waals surface area (Å²) in [6.07, 6.45) is 2.49. The SMILES string of the molecule is COC(=O)C(CCSC)NC(=O)c1nc(C)sc1C. The maximum absolute atomic E-state index is 12.1. The van der Waals surface area contributed by atoms with Crippen LogP contribution in [0.15, 0.2) is 0 Å². The third-order valence-electron chi connectivity index (χ3n) is 2.52. The summed E-state index contributed by atoms with van der Waals surface area (Å²) in [5.74, 6) is 0.0279. The lowest BCUT2D eigenvalue weighted by atomic mass is 10.2. The zero-order valence-corrected chi connectivity index (χ0v) is 13.1. The van der Waals surface area contributed by atoms with Crippen LogP contribution in [0.5, 0.6) is 0 Å². The molecule has 0 spiro atoms. The monoisotopic (exact) mass is 302 g/mol. The molecule has 0 bridgehead atoms. The summed E-state index contributed by atoms with van der Waals surface area (Å²) in [5, 5.41) is 3.52. The number of nitrogens with zero attached hydrogens (tertiary/aromatic N) is 1. The van der Waals surface area contributed by atoms with Crippen molar-refractivity contribution in [1.82, 2.24) is 10.3 Å². The fraction of sp³-hybridized carbons (Fsp3) is 0.583. The second kappa shape index (κ2) is 7.49. The van der Waals surface area contributed by atoms with Gasteiger partial charge in [0.2, 0.25) is 0 Å². The van der Waals surface area contributed by atoms with Crippen LogP contribution in [0.2, 0.25) is 0 Å². The van der Waals surface area contributed by atoms with E-state index in [1.54, 1.807) is 11.8 Å². The van der Waals surface area contributed by atoms with Crippen LogP contribution in [0.1, 0.15) is 26.8 Å². The molecule has 1 N–H and O–H groups in total. The number of carbonyl (C=O) groups excluding carboxylic acids is 2. The zero-order chi connectivity index (χ0) is 14.4. The van der Waals surface area contributed by atoms with E-state index >= 15 is 0 Å². The lowest BCUT2D eigenvalue weighted by Gasteiger charge is -2.15. The van der Waals surface area contributed by atoms with Gasteiger partial charge in [-0.15, -0.1) is 11.3 Å². The number of amides is 1. The Morgan fingerprint density at radius 1 is 1.47 bits per heavy atom. The highest BCUT2D eigenvalue weighted by Crippen LogP contribution is 2.16. The molecule has 0 fully saturated rings. The van der Waals surface area contributed by atoms with E-state index in [1.807, 2.05) is 20.1 Å². The molecular weight excluding hydrogens is 284 g/mol. The maximum Gasteiger partial charge on any atom is 0.328 e. The highest BCUT2D eigenvalue weighted by atomic mass is 32.2. The van der Waals surface area contributed by atoms with Crippen molar-refractivity contribution < 1.29 is 14.3 Å². The van der Waals surface area contributed by atoms with Gasteiger partial charge in [-0.25, -0.2) is 9.78 Å². The summed E-state index contributed by atoms with van der Waals surface area (Å²) >= 11 is 3.08. The van der Waals surface area contributed by atoms with Gasteiger partial charge in [0.25, 0.3) is 5.91 Å². The number of esters is 1. The Morgan fingerprint density at radius 3 is 2.63 bits per heavy atom. The molecule has 1 atom stereocenters. The quantitative estimate of drug-likeness (QED) is 0.811. The number of rotatable bonds is 6. The average molecular weight is 302 g/mol. The standard InChI is InChI=1S/C12H18N2O3S2/c1-7-10(13-8(2)19-7)11(15)14-9(5-6-18-4)12(16)17-3/h9H,5-6H2,1-4H3,(H,14,15). The molecule has 1 aromatic rings. The van der Waals surface area contributed by atoms with Gasteiger partial charge in [0.05, 0.1) is 12.1 Å². The van der Waals surface area contributed by atoms with Crippen LogP contribution in [0.4, 0.5) is 0 Å². The van der Waals surface area contributed by atoms with E-state index in [1.165, 1.54) is 18.4 Å². The number of thiazole rings is 1. The Bertz CT molecular complexity index is 460. The number of nitrogens with one attached hydrogen (secondary N) is 1. The third kappa shape index (κ3) is 4.50. The molecule has 1 rings (SSSR count). The first kappa shape index (κ1) is 16.0. The Hall–Kier alpha value is -1.08. The fourth-order valence-corrected chi connectivity index (χ4v) is 2.88. The van der Waals surface area contributed by atoms with Gasteiger partial charge in [0, 0.05) is 4.88 Å². The first-order valence-electron chi connectivity index (χ1n) is 5.81. The number of carbonyl (C=O) groups is 2. The van der Waals surface area contributed by atoms with E-state index in [4.69, 9.17) is 4.74 Å².